The van der Waals surface area contributed by atoms with Crippen molar-refractivity contribution in [3.63, 3.8) is 0 Å². The first-order valence-electron chi connectivity index (χ1n) is 13.0. The number of aliphatic carboxylic acids is 2. The molecule has 0 spiro atoms. The van der Waals surface area contributed by atoms with Crippen molar-refractivity contribution in [3.8, 4) is 0 Å². The molecule has 0 bridgehead atoms. The molecule has 0 saturated carbocycles. The number of rotatable bonds is 7. The standard InChI is InChI=1S/C28H28ClF2N3.C2H2O4/c29-22-7-12-28-27(18-22)32-19-34(28)25-13-16-33(17-14-25)15-1-2-26(20-3-8-23(30)9-4-20)21-5-10-24(31)11-6-21;3-1(4)2(5)6/h3-12,18-19,25-26H,1-2,13-17H2;(H,3,4)(H,5,6). The van der Waals surface area contributed by atoms with Crippen LogP contribution in [0.5, 0.6) is 0 Å². The van der Waals surface area contributed by atoms with Crippen LogP contribution in [0, 0.1) is 11.6 Å². The number of benzene rings is 3. The van der Waals surface area contributed by atoms with Crippen LogP contribution in [0.25, 0.3) is 11.0 Å². The lowest BCUT2D eigenvalue weighted by atomic mass is 9.87. The summed E-state index contributed by atoms with van der Waals surface area (Å²) in [7, 11) is 0. The van der Waals surface area contributed by atoms with Crippen LogP contribution in [0.3, 0.4) is 0 Å². The Labute approximate surface area is 235 Å². The first kappa shape index (κ1) is 29.2. The number of carboxylic acid groups (broad SMARTS) is 2. The zero-order valence-electron chi connectivity index (χ0n) is 21.7. The summed E-state index contributed by atoms with van der Waals surface area (Å²) in [6.07, 6.45) is 6.08. The molecule has 1 aromatic heterocycles. The molecule has 7 nitrogen and oxygen atoms in total. The molecule has 4 aromatic rings. The number of carbonyl (C=O) groups is 2. The van der Waals surface area contributed by atoms with Gasteiger partial charge in [0.1, 0.15) is 11.6 Å². The van der Waals surface area contributed by atoms with Crippen LogP contribution in [0.2, 0.25) is 5.02 Å². The molecule has 0 aliphatic carbocycles. The average Bonchev–Trinajstić information content (AvgIpc) is 3.36. The molecule has 210 valence electrons. The van der Waals surface area contributed by atoms with Gasteiger partial charge < -0.3 is 19.7 Å². The van der Waals surface area contributed by atoms with Gasteiger partial charge in [-0.05, 0) is 85.8 Å². The monoisotopic (exact) mass is 569 g/mol. The summed E-state index contributed by atoms with van der Waals surface area (Å²) >= 11 is 6.11. The van der Waals surface area contributed by atoms with Gasteiger partial charge in [-0.25, -0.2) is 23.4 Å². The predicted molar refractivity (Wildman–Crippen MR) is 149 cm³/mol. The smallest absolute Gasteiger partial charge is 0.414 e. The normalized spacial score (nSPS) is 14.2. The van der Waals surface area contributed by atoms with Crippen LogP contribution in [-0.2, 0) is 9.59 Å². The van der Waals surface area contributed by atoms with Gasteiger partial charge in [0.15, 0.2) is 0 Å². The summed E-state index contributed by atoms with van der Waals surface area (Å²) in [5, 5.41) is 15.5. The Morgan fingerprint density at radius 3 is 1.98 bits per heavy atom. The largest absolute Gasteiger partial charge is 0.473 e. The minimum atomic E-state index is -1.82. The zero-order valence-corrected chi connectivity index (χ0v) is 22.5. The lowest BCUT2D eigenvalue weighted by Crippen LogP contribution is -2.35. The van der Waals surface area contributed by atoms with E-state index in [1.165, 1.54) is 24.3 Å². The molecule has 0 amide bonds. The van der Waals surface area contributed by atoms with Gasteiger partial charge in [0.05, 0.1) is 17.4 Å². The van der Waals surface area contributed by atoms with Crippen LogP contribution in [-0.4, -0.2) is 56.2 Å². The summed E-state index contributed by atoms with van der Waals surface area (Å²) in [6, 6.07) is 19.8. The molecule has 1 aliphatic heterocycles. The fraction of sp³-hybridized carbons (Fsp3) is 0.300. The number of nitrogens with zero attached hydrogens (tertiary/aromatic N) is 3. The number of halogens is 3. The number of imidazole rings is 1. The number of piperidine rings is 1. The van der Waals surface area contributed by atoms with E-state index in [0.717, 1.165) is 67.5 Å². The van der Waals surface area contributed by atoms with E-state index in [0.29, 0.717) is 11.1 Å². The summed E-state index contributed by atoms with van der Waals surface area (Å²) in [4.78, 5) is 25.3. The Morgan fingerprint density at radius 2 is 1.45 bits per heavy atom. The van der Waals surface area contributed by atoms with E-state index in [2.05, 4.69) is 20.5 Å². The van der Waals surface area contributed by atoms with E-state index in [9.17, 15) is 8.78 Å². The van der Waals surface area contributed by atoms with Crippen molar-refractivity contribution >= 4 is 34.6 Å². The van der Waals surface area contributed by atoms with Crippen molar-refractivity contribution in [1.82, 2.24) is 14.5 Å². The second-order valence-corrected chi connectivity index (χ2v) is 10.2. The van der Waals surface area contributed by atoms with Gasteiger partial charge in [0.2, 0.25) is 0 Å². The van der Waals surface area contributed by atoms with Gasteiger partial charge >= 0.3 is 11.9 Å². The average molecular weight is 570 g/mol. The maximum atomic E-state index is 13.5. The number of carboxylic acids is 2. The molecule has 0 radical (unpaired) electrons. The van der Waals surface area contributed by atoms with Crippen molar-refractivity contribution in [2.45, 2.75) is 37.6 Å². The lowest BCUT2D eigenvalue weighted by molar-refractivity contribution is -0.159. The van der Waals surface area contributed by atoms with Crippen LogP contribution >= 0.6 is 11.6 Å². The molecule has 2 N–H and O–H groups in total. The first-order chi connectivity index (χ1) is 19.2. The molecule has 1 saturated heterocycles. The van der Waals surface area contributed by atoms with Crippen molar-refractivity contribution < 1.29 is 28.6 Å². The van der Waals surface area contributed by atoms with Crippen LogP contribution in [0.1, 0.15) is 48.8 Å². The Kier molecular flexibility index (Phi) is 9.84. The number of aromatic nitrogens is 2. The van der Waals surface area contributed by atoms with Crippen molar-refractivity contribution in [1.29, 1.82) is 0 Å². The quantitative estimate of drug-likeness (QED) is 0.251. The summed E-state index contributed by atoms with van der Waals surface area (Å²) < 4.78 is 29.2. The van der Waals surface area contributed by atoms with Gasteiger partial charge in [0.25, 0.3) is 0 Å². The Hall–Kier alpha value is -3.82. The molecular weight excluding hydrogens is 540 g/mol. The molecule has 2 heterocycles. The maximum Gasteiger partial charge on any atom is 0.414 e. The SMILES string of the molecule is Fc1ccc(C(CCCN2CCC(n3cnc4cc(Cl)ccc43)CC2)c2ccc(F)cc2)cc1.O=C(O)C(=O)O. The minimum Gasteiger partial charge on any atom is -0.473 e. The third kappa shape index (κ3) is 7.64. The van der Waals surface area contributed by atoms with Gasteiger partial charge in [-0.1, -0.05) is 35.9 Å². The third-order valence-electron chi connectivity index (χ3n) is 7.18. The van der Waals surface area contributed by atoms with E-state index in [4.69, 9.17) is 31.4 Å². The van der Waals surface area contributed by atoms with E-state index >= 15 is 0 Å². The van der Waals surface area contributed by atoms with E-state index in [-0.39, 0.29) is 17.6 Å². The predicted octanol–water partition coefficient (Wildman–Crippen LogP) is 6.37. The van der Waals surface area contributed by atoms with Crippen molar-refractivity contribution in [2.24, 2.45) is 0 Å². The Balaban J connectivity index is 0.000000557. The van der Waals surface area contributed by atoms with Gasteiger partial charge in [-0.15, -0.1) is 0 Å². The molecular formula is C30H30ClF2N3O4. The highest BCUT2D eigenvalue weighted by molar-refractivity contribution is 6.31. The molecule has 5 rings (SSSR count). The fourth-order valence-electron chi connectivity index (χ4n) is 5.15. The molecule has 40 heavy (non-hydrogen) atoms. The van der Waals surface area contributed by atoms with Crippen molar-refractivity contribution in [3.05, 3.63) is 101 Å². The Morgan fingerprint density at radius 1 is 0.900 bits per heavy atom. The molecule has 0 atom stereocenters. The molecule has 0 unspecified atom stereocenters. The summed E-state index contributed by atoms with van der Waals surface area (Å²) in [5.41, 5.74) is 4.23. The summed E-state index contributed by atoms with van der Waals surface area (Å²) in [5.74, 6) is -4.00. The molecule has 1 aliphatic rings. The second kappa shape index (κ2) is 13.5. The molecule has 10 heteroatoms. The maximum absolute atomic E-state index is 13.5. The van der Waals surface area contributed by atoms with Gasteiger partial charge in [-0.3, -0.25) is 0 Å². The lowest BCUT2D eigenvalue weighted by Gasteiger charge is -2.33. The highest BCUT2D eigenvalue weighted by Crippen LogP contribution is 2.31. The number of fused-ring (bicyclic) bond motifs is 1. The third-order valence-corrected chi connectivity index (χ3v) is 7.42. The number of hydrogen-bond acceptors (Lipinski definition) is 4. The van der Waals surface area contributed by atoms with E-state index < -0.39 is 11.9 Å². The highest BCUT2D eigenvalue weighted by Gasteiger charge is 2.22. The second-order valence-electron chi connectivity index (χ2n) is 9.77. The zero-order chi connectivity index (χ0) is 28.6. The highest BCUT2D eigenvalue weighted by atomic mass is 35.5. The minimum absolute atomic E-state index is 0.128. The van der Waals surface area contributed by atoms with E-state index in [1.807, 2.05) is 42.7 Å². The molecule has 3 aromatic carbocycles. The first-order valence-corrected chi connectivity index (χ1v) is 13.4. The number of likely N-dealkylation sites (tertiary alicyclic amines) is 1. The van der Waals surface area contributed by atoms with E-state index in [1.54, 1.807) is 0 Å². The van der Waals surface area contributed by atoms with Crippen molar-refractivity contribution in [2.75, 3.05) is 19.6 Å². The van der Waals surface area contributed by atoms with Gasteiger partial charge in [-0.2, -0.15) is 0 Å². The van der Waals surface area contributed by atoms with Gasteiger partial charge in [0, 0.05) is 30.1 Å². The van der Waals surface area contributed by atoms with Crippen LogP contribution < -0.4 is 0 Å². The Bertz CT molecular complexity index is 1380. The summed E-state index contributed by atoms with van der Waals surface area (Å²) in [6.45, 7) is 3.12. The number of hydrogen-bond donors (Lipinski definition) is 2. The van der Waals surface area contributed by atoms with Crippen LogP contribution in [0.15, 0.2) is 73.1 Å². The van der Waals surface area contributed by atoms with Crippen LogP contribution in [0.4, 0.5) is 8.78 Å². The molecule has 1 fully saturated rings. The topological polar surface area (TPSA) is 95.7 Å². The fourth-order valence-corrected chi connectivity index (χ4v) is 5.32.